The number of ether oxygens (including phenoxy) is 1. The third kappa shape index (κ3) is 8.63. The van der Waals surface area contributed by atoms with Gasteiger partial charge in [-0.25, -0.2) is 0 Å². The molecule has 6 nitrogen and oxygen atoms in total. The van der Waals surface area contributed by atoms with Crippen LogP contribution in [0.3, 0.4) is 0 Å². The number of thioether (sulfide) groups is 1. The normalized spacial score (nSPS) is 27.2. The highest BCUT2D eigenvalue weighted by Crippen LogP contribution is 2.31. The van der Waals surface area contributed by atoms with Crippen molar-refractivity contribution >= 4 is 22.9 Å². The van der Waals surface area contributed by atoms with Gasteiger partial charge in [-0.2, -0.15) is 0 Å². The maximum Gasteiger partial charge on any atom is 0.279 e. The first-order chi connectivity index (χ1) is 13.3. The van der Waals surface area contributed by atoms with Gasteiger partial charge in [0.05, 0.1) is 12.6 Å². The monoisotopic (exact) mass is 410 g/mol. The van der Waals surface area contributed by atoms with Crippen LogP contribution >= 0.6 is 11.8 Å². The van der Waals surface area contributed by atoms with Crippen LogP contribution < -0.4 is 10.6 Å². The second-order valence-corrected chi connectivity index (χ2v) is 8.08. The molecule has 7 heteroatoms. The summed E-state index contributed by atoms with van der Waals surface area (Å²) < 4.78 is 5.49. The van der Waals surface area contributed by atoms with E-state index in [4.69, 9.17) is 4.74 Å². The lowest BCUT2D eigenvalue weighted by molar-refractivity contribution is -0.240. The molecule has 0 spiro atoms. The summed E-state index contributed by atoms with van der Waals surface area (Å²) in [4.78, 5) is 23.4. The van der Waals surface area contributed by atoms with Crippen LogP contribution in [0.4, 0.5) is 4.79 Å². The zero-order valence-corrected chi connectivity index (χ0v) is 17.9. The molecule has 2 heterocycles. The number of carbonyl (C=O) groups excluding carboxylic acids is 2. The number of aliphatic hydroxyl groups is 1. The molecule has 2 fully saturated rings. The molecule has 0 saturated carbocycles. The number of unbranched alkanes of at least 4 members (excludes halogenated alkanes) is 1. The van der Waals surface area contributed by atoms with E-state index < -0.39 is 11.8 Å². The molecule has 0 aromatic heterocycles. The van der Waals surface area contributed by atoms with Gasteiger partial charge in [0.25, 0.3) is 5.24 Å². The molecule has 2 unspecified atom stereocenters. The van der Waals surface area contributed by atoms with E-state index in [1.54, 1.807) is 6.08 Å². The first kappa shape index (κ1) is 24.5. The Labute approximate surface area is 172 Å². The second-order valence-electron chi connectivity index (χ2n) is 7.08. The summed E-state index contributed by atoms with van der Waals surface area (Å²) in [5.41, 5.74) is 0.990. The number of hydrogen-bond acceptors (Lipinski definition) is 5. The van der Waals surface area contributed by atoms with Gasteiger partial charge in [-0.15, -0.1) is 13.2 Å². The van der Waals surface area contributed by atoms with Crippen LogP contribution in [0.5, 0.6) is 0 Å². The van der Waals surface area contributed by atoms with E-state index in [1.165, 1.54) is 6.42 Å². The molecule has 0 aromatic rings. The summed E-state index contributed by atoms with van der Waals surface area (Å²) in [6.45, 7) is 11.6. The van der Waals surface area contributed by atoms with Gasteiger partial charge in [-0.05, 0) is 32.6 Å². The summed E-state index contributed by atoms with van der Waals surface area (Å²) in [5.74, 6) is -1.11. The Balaban J connectivity index is 0.000000696. The molecular formula is C21H34N2O4S. The quantitative estimate of drug-likeness (QED) is 0.420. The molecule has 0 aromatic carbocycles. The van der Waals surface area contributed by atoms with Crippen molar-refractivity contribution in [2.24, 2.45) is 0 Å². The minimum absolute atomic E-state index is 0.154. The summed E-state index contributed by atoms with van der Waals surface area (Å²) in [7, 11) is 0. The molecule has 2 saturated heterocycles. The minimum atomic E-state index is -1.42. The van der Waals surface area contributed by atoms with E-state index in [9.17, 15) is 14.7 Å². The predicted molar refractivity (Wildman–Crippen MR) is 115 cm³/mol. The average molecular weight is 411 g/mol. The summed E-state index contributed by atoms with van der Waals surface area (Å²) in [6, 6.07) is -0.614. The molecule has 2 amide bonds. The second kappa shape index (κ2) is 12.8. The Morgan fingerprint density at radius 1 is 1.43 bits per heavy atom. The Morgan fingerprint density at radius 2 is 2.14 bits per heavy atom. The molecule has 2 aliphatic heterocycles. The van der Waals surface area contributed by atoms with Gasteiger partial charge >= 0.3 is 0 Å². The fourth-order valence-corrected chi connectivity index (χ4v) is 3.85. The van der Waals surface area contributed by atoms with E-state index in [1.807, 2.05) is 19.1 Å². The molecule has 3 N–H and O–H groups in total. The molecule has 28 heavy (non-hydrogen) atoms. The molecule has 158 valence electrons. The van der Waals surface area contributed by atoms with E-state index in [2.05, 4.69) is 30.7 Å². The van der Waals surface area contributed by atoms with Crippen molar-refractivity contribution in [3.8, 4) is 0 Å². The van der Waals surface area contributed by atoms with Crippen molar-refractivity contribution in [3.63, 3.8) is 0 Å². The van der Waals surface area contributed by atoms with E-state index in [0.717, 1.165) is 36.6 Å². The highest BCUT2D eigenvalue weighted by atomic mass is 32.2. The van der Waals surface area contributed by atoms with Crippen molar-refractivity contribution in [1.29, 1.82) is 0 Å². The van der Waals surface area contributed by atoms with Crippen LogP contribution in [0.2, 0.25) is 0 Å². The zero-order valence-electron chi connectivity index (χ0n) is 17.0. The lowest BCUT2D eigenvalue weighted by Gasteiger charge is -2.40. The van der Waals surface area contributed by atoms with Crippen molar-refractivity contribution < 1.29 is 19.4 Å². The van der Waals surface area contributed by atoms with Crippen LogP contribution in [0.25, 0.3) is 0 Å². The van der Waals surface area contributed by atoms with Gasteiger partial charge in [-0.3, -0.25) is 9.59 Å². The van der Waals surface area contributed by atoms with Gasteiger partial charge in [0.1, 0.15) is 0 Å². The maximum absolute atomic E-state index is 12.1. The van der Waals surface area contributed by atoms with Crippen molar-refractivity contribution in [1.82, 2.24) is 10.6 Å². The lowest BCUT2D eigenvalue weighted by atomic mass is 9.95. The Bertz CT molecular complexity index is 579. The lowest BCUT2D eigenvalue weighted by Crippen LogP contribution is -2.58. The molecule has 0 aliphatic carbocycles. The van der Waals surface area contributed by atoms with E-state index >= 15 is 0 Å². The van der Waals surface area contributed by atoms with Gasteiger partial charge in [0, 0.05) is 24.3 Å². The summed E-state index contributed by atoms with van der Waals surface area (Å²) in [5, 5.41) is 16.1. The summed E-state index contributed by atoms with van der Waals surface area (Å²) >= 11 is 1.13. The summed E-state index contributed by atoms with van der Waals surface area (Å²) in [6.07, 6.45) is 10.3. The van der Waals surface area contributed by atoms with Crippen molar-refractivity contribution in [3.05, 3.63) is 37.0 Å². The van der Waals surface area contributed by atoms with Crippen molar-refractivity contribution in [2.45, 2.75) is 70.2 Å². The SMILES string of the molecule is C=CCC/C(C)=C\C(=O)N[C@@H]1CCOC(O)(C2CSC(=O)N2)C1.C=CCCC. The molecule has 3 atom stereocenters. The van der Waals surface area contributed by atoms with Crippen LogP contribution in [-0.4, -0.2) is 46.5 Å². The molecule has 0 radical (unpaired) electrons. The molecule has 2 aliphatic rings. The number of amides is 2. The van der Waals surface area contributed by atoms with Gasteiger partial charge in [0.2, 0.25) is 5.91 Å². The number of hydrogen-bond donors (Lipinski definition) is 3. The van der Waals surface area contributed by atoms with Crippen LogP contribution in [0.15, 0.2) is 37.0 Å². The largest absolute Gasteiger partial charge is 0.364 e. The molecule has 2 rings (SSSR count). The standard InChI is InChI=1S/C16H24N2O4S.C5H10/c1-3-4-5-11(2)8-14(19)17-12-6-7-22-16(21,9-12)13-10-23-15(20)18-13;1-3-5-4-2/h3,8,12-13,21H,1,4-7,9-10H2,2H3,(H,17,19)(H,18,20);3H,1,4-5H2,2H3/b11-8-;/t12-,13?,16?;/m1./s1. The fraction of sp³-hybridized carbons (Fsp3) is 0.619. The zero-order chi connectivity index (χ0) is 21.0. The first-order valence-corrected chi connectivity index (χ1v) is 10.8. The Kier molecular flexibility index (Phi) is 11.2. The number of allylic oxidation sites excluding steroid dienone is 3. The molecular weight excluding hydrogens is 376 g/mol. The average Bonchev–Trinajstić information content (AvgIpc) is 3.08. The van der Waals surface area contributed by atoms with Gasteiger partial charge in [-0.1, -0.05) is 42.8 Å². The Hall–Kier alpha value is -1.57. The van der Waals surface area contributed by atoms with Gasteiger partial charge < -0.3 is 20.5 Å². The van der Waals surface area contributed by atoms with Crippen molar-refractivity contribution in [2.75, 3.05) is 12.4 Å². The highest BCUT2D eigenvalue weighted by Gasteiger charge is 2.46. The van der Waals surface area contributed by atoms with Gasteiger partial charge in [0.15, 0.2) is 5.79 Å². The predicted octanol–water partition coefficient (Wildman–Crippen LogP) is 3.68. The first-order valence-electron chi connectivity index (χ1n) is 9.83. The number of nitrogens with one attached hydrogen (secondary N) is 2. The van der Waals surface area contributed by atoms with Crippen LogP contribution in [0, 0.1) is 0 Å². The molecule has 0 bridgehead atoms. The van der Waals surface area contributed by atoms with E-state index in [-0.39, 0.29) is 23.6 Å². The van der Waals surface area contributed by atoms with Crippen LogP contribution in [-0.2, 0) is 9.53 Å². The third-order valence-electron chi connectivity index (χ3n) is 4.53. The smallest absolute Gasteiger partial charge is 0.279 e. The number of carbonyl (C=O) groups is 2. The van der Waals surface area contributed by atoms with Crippen LogP contribution in [0.1, 0.15) is 52.4 Å². The maximum atomic E-state index is 12.1. The van der Waals surface area contributed by atoms with E-state index in [0.29, 0.717) is 18.8 Å². The fourth-order valence-electron chi connectivity index (χ4n) is 2.96. The minimum Gasteiger partial charge on any atom is -0.364 e. The third-order valence-corrected chi connectivity index (χ3v) is 5.41. The number of rotatable bonds is 8. The Morgan fingerprint density at radius 3 is 2.68 bits per heavy atom. The highest BCUT2D eigenvalue weighted by molar-refractivity contribution is 8.14. The topological polar surface area (TPSA) is 87.7 Å².